The van der Waals surface area contributed by atoms with Crippen molar-refractivity contribution >= 4 is 56.2 Å². The smallest absolute Gasteiger partial charge is 0.118 e. The Hall–Kier alpha value is -1.01. The SMILES string of the molecule is Nc1cn(Cc2cccc(Br)c2)nc1-c1cc(Cl)sc1Cl. The molecule has 0 aliphatic rings. The van der Waals surface area contributed by atoms with Crippen molar-refractivity contribution in [3.8, 4) is 11.3 Å². The minimum Gasteiger partial charge on any atom is -0.396 e. The standard InChI is InChI=1S/C14H10BrCl2N3S/c15-9-3-1-2-8(4-9)6-20-7-11(18)13(19-20)10-5-12(16)21-14(10)17/h1-5,7H,6,18H2. The first-order valence-electron chi connectivity index (χ1n) is 6.05. The van der Waals surface area contributed by atoms with Crippen LogP contribution in [0.1, 0.15) is 5.56 Å². The van der Waals surface area contributed by atoms with E-state index in [9.17, 15) is 0 Å². The zero-order valence-electron chi connectivity index (χ0n) is 10.7. The Balaban J connectivity index is 1.93. The molecule has 1 aromatic carbocycles. The van der Waals surface area contributed by atoms with E-state index in [0.717, 1.165) is 15.6 Å². The predicted octanol–water partition coefficient (Wildman–Crippen LogP) is 5.31. The lowest BCUT2D eigenvalue weighted by molar-refractivity contribution is 0.689. The van der Waals surface area contributed by atoms with Gasteiger partial charge in [-0.1, -0.05) is 51.3 Å². The zero-order chi connectivity index (χ0) is 15.0. The van der Waals surface area contributed by atoms with Crippen LogP contribution in [-0.4, -0.2) is 9.78 Å². The number of nitrogens with two attached hydrogens (primary N) is 1. The van der Waals surface area contributed by atoms with Gasteiger partial charge in [0.25, 0.3) is 0 Å². The van der Waals surface area contributed by atoms with Crippen molar-refractivity contribution in [1.82, 2.24) is 9.78 Å². The molecule has 0 radical (unpaired) electrons. The second kappa shape index (κ2) is 6.01. The Morgan fingerprint density at radius 1 is 1.29 bits per heavy atom. The second-order valence-corrected chi connectivity index (χ2v) is 7.70. The topological polar surface area (TPSA) is 43.8 Å². The summed E-state index contributed by atoms with van der Waals surface area (Å²) in [6.45, 7) is 0.638. The summed E-state index contributed by atoms with van der Waals surface area (Å²) < 4.78 is 4.05. The van der Waals surface area contributed by atoms with Crippen LogP contribution < -0.4 is 5.73 Å². The monoisotopic (exact) mass is 401 g/mol. The van der Waals surface area contributed by atoms with E-state index in [1.165, 1.54) is 11.3 Å². The molecule has 0 aliphatic carbocycles. The van der Waals surface area contributed by atoms with E-state index in [1.54, 1.807) is 16.9 Å². The van der Waals surface area contributed by atoms with Crippen LogP contribution >= 0.6 is 50.5 Å². The van der Waals surface area contributed by atoms with E-state index in [1.807, 2.05) is 24.3 Å². The highest BCUT2D eigenvalue weighted by Crippen LogP contribution is 2.39. The maximum atomic E-state index is 6.16. The van der Waals surface area contributed by atoms with Gasteiger partial charge < -0.3 is 5.73 Å². The normalized spacial score (nSPS) is 11.0. The van der Waals surface area contributed by atoms with Gasteiger partial charge in [0.05, 0.1) is 16.6 Å². The lowest BCUT2D eigenvalue weighted by Gasteiger charge is -2.02. The molecule has 0 aliphatic heterocycles. The van der Waals surface area contributed by atoms with Crippen LogP contribution in [0.2, 0.25) is 8.67 Å². The van der Waals surface area contributed by atoms with Crippen molar-refractivity contribution in [1.29, 1.82) is 0 Å². The highest BCUT2D eigenvalue weighted by molar-refractivity contribution is 9.10. The number of benzene rings is 1. The van der Waals surface area contributed by atoms with E-state index < -0.39 is 0 Å². The summed E-state index contributed by atoms with van der Waals surface area (Å²) in [6, 6.07) is 9.85. The first-order valence-corrected chi connectivity index (χ1v) is 8.42. The minimum atomic E-state index is 0.585. The Bertz CT molecular complexity index is 797. The van der Waals surface area contributed by atoms with Crippen molar-refractivity contribution in [2.75, 3.05) is 5.73 Å². The molecule has 108 valence electrons. The first-order chi connectivity index (χ1) is 10.0. The quantitative estimate of drug-likeness (QED) is 0.644. The molecule has 7 heteroatoms. The number of nitrogen functional groups attached to an aromatic ring is 1. The summed E-state index contributed by atoms with van der Waals surface area (Å²) >= 11 is 16.9. The molecule has 0 amide bonds. The number of halogens is 3. The van der Waals surface area contributed by atoms with Gasteiger partial charge in [0, 0.05) is 16.2 Å². The van der Waals surface area contributed by atoms with E-state index >= 15 is 0 Å². The Morgan fingerprint density at radius 2 is 2.10 bits per heavy atom. The Labute approximate surface area is 144 Å². The van der Waals surface area contributed by atoms with Gasteiger partial charge in [0.1, 0.15) is 10.0 Å². The highest BCUT2D eigenvalue weighted by Gasteiger charge is 2.15. The van der Waals surface area contributed by atoms with Crippen LogP contribution in [0.15, 0.2) is 41.0 Å². The fourth-order valence-corrected chi connectivity index (χ4v) is 3.96. The number of hydrogen-bond donors (Lipinski definition) is 1. The summed E-state index contributed by atoms with van der Waals surface area (Å²) in [6.07, 6.45) is 1.80. The molecule has 3 nitrogen and oxygen atoms in total. The molecule has 2 N–H and O–H groups in total. The second-order valence-electron chi connectivity index (χ2n) is 4.50. The largest absolute Gasteiger partial charge is 0.396 e. The molecule has 0 atom stereocenters. The van der Waals surface area contributed by atoms with Crippen molar-refractivity contribution in [2.45, 2.75) is 6.54 Å². The minimum absolute atomic E-state index is 0.585. The molecule has 3 rings (SSSR count). The van der Waals surface area contributed by atoms with E-state index in [0.29, 0.717) is 26.6 Å². The van der Waals surface area contributed by atoms with Gasteiger partial charge in [0.2, 0.25) is 0 Å². The van der Waals surface area contributed by atoms with Gasteiger partial charge in [-0.05, 0) is 23.8 Å². The van der Waals surface area contributed by atoms with E-state index in [4.69, 9.17) is 28.9 Å². The van der Waals surface area contributed by atoms with Crippen molar-refractivity contribution in [3.63, 3.8) is 0 Å². The fraction of sp³-hybridized carbons (Fsp3) is 0.0714. The zero-order valence-corrected chi connectivity index (χ0v) is 14.6. The summed E-state index contributed by atoms with van der Waals surface area (Å²) in [5.41, 5.74) is 9.20. The molecule has 0 saturated heterocycles. The van der Waals surface area contributed by atoms with Crippen LogP contribution in [0, 0.1) is 0 Å². The molecule has 2 heterocycles. The van der Waals surface area contributed by atoms with E-state index in [2.05, 4.69) is 21.0 Å². The van der Waals surface area contributed by atoms with Crippen LogP contribution in [0.5, 0.6) is 0 Å². The molecular weight excluding hydrogens is 393 g/mol. The third-order valence-electron chi connectivity index (χ3n) is 2.94. The Morgan fingerprint density at radius 3 is 2.76 bits per heavy atom. The number of aromatic nitrogens is 2. The van der Waals surface area contributed by atoms with Crippen molar-refractivity contribution < 1.29 is 0 Å². The number of nitrogens with zero attached hydrogens (tertiary/aromatic N) is 2. The Kier molecular flexibility index (Phi) is 4.26. The summed E-state index contributed by atoms with van der Waals surface area (Å²) in [7, 11) is 0. The van der Waals surface area contributed by atoms with Gasteiger partial charge in [0.15, 0.2) is 0 Å². The van der Waals surface area contributed by atoms with Crippen LogP contribution in [0.25, 0.3) is 11.3 Å². The molecule has 0 bridgehead atoms. The number of thiophene rings is 1. The van der Waals surface area contributed by atoms with Crippen molar-refractivity contribution in [3.05, 3.63) is 55.2 Å². The predicted molar refractivity (Wildman–Crippen MR) is 93.2 cm³/mol. The van der Waals surface area contributed by atoms with Crippen LogP contribution in [0.4, 0.5) is 5.69 Å². The maximum Gasteiger partial charge on any atom is 0.118 e. The maximum absolute atomic E-state index is 6.16. The third kappa shape index (κ3) is 3.26. The highest BCUT2D eigenvalue weighted by atomic mass is 79.9. The molecule has 21 heavy (non-hydrogen) atoms. The molecule has 3 aromatic rings. The average Bonchev–Trinajstić information content (AvgIpc) is 2.92. The van der Waals surface area contributed by atoms with Gasteiger partial charge in [-0.25, -0.2) is 0 Å². The summed E-state index contributed by atoms with van der Waals surface area (Å²) in [4.78, 5) is 0. The first kappa shape index (κ1) is 14.9. The average molecular weight is 403 g/mol. The van der Waals surface area contributed by atoms with Gasteiger partial charge in [-0.2, -0.15) is 5.10 Å². The summed E-state index contributed by atoms with van der Waals surface area (Å²) in [5.74, 6) is 0. The third-order valence-corrected chi connectivity index (χ3v) is 4.92. The number of rotatable bonds is 3. The van der Waals surface area contributed by atoms with E-state index in [-0.39, 0.29) is 0 Å². The van der Waals surface area contributed by atoms with Crippen molar-refractivity contribution in [2.24, 2.45) is 0 Å². The van der Waals surface area contributed by atoms with Gasteiger partial charge >= 0.3 is 0 Å². The molecule has 0 fully saturated rings. The molecular formula is C14H10BrCl2N3S. The number of anilines is 1. The van der Waals surface area contributed by atoms with Crippen LogP contribution in [-0.2, 0) is 6.54 Å². The lowest BCUT2D eigenvalue weighted by atomic mass is 10.2. The molecule has 0 spiro atoms. The fourth-order valence-electron chi connectivity index (χ4n) is 2.05. The molecule has 0 saturated carbocycles. The van der Waals surface area contributed by atoms with Gasteiger partial charge in [-0.3, -0.25) is 4.68 Å². The lowest BCUT2D eigenvalue weighted by Crippen LogP contribution is -2.00. The molecule has 0 unspecified atom stereocenters. The summed E-state index contributed by atoms with van der Waals surface area (Å²) in [5, 5.41) is 4.52. The van der Waals surface area contributed by atoms with Gasteiger partial charge in [-0.15, -0.1) is 11.3 Å². The van der Waals surface area contributed by atoms with Crippen LogP contribution in [0.3, 0.4) is 0 Å². The molecule has 2 aromatic heterocycles. The number of hydrogen-bond acceptors (Lipinski definition) is 3.